The molecule has 2 aromatic rings. The zero-order chi connectivity index (χ0) is 19.3. The molecule has 0 aliphatic carbocycles. The molecule has 2 fully saturated rings. The molecule has 1 aromatic heterocycles. The van der Waals surface area contributed by atoms with Gasteiger partial charge in [-0.3, -0.25) is 0 Å². The van der Waals surface area contributed by atoms with Gasteiger partial charge in [0.2, 0.25) is 0 Å². The summed E-state index contributed by atoms with van der Waals surface area (Å²) in [5, 5.41) is 0. The summed E-state index contributed by atoms with van der Waals surface area (Å²) in [5.74, 6) is 1.07. The Balaban J connectivity index is 1.44. The van der Waals surface area contributed by atoms with Crippen LogP contribution in [-0.2, 0) is 11.3 Å². The molecular formula is C23H29N3O2. The summed E-state index contributed by atoms with van der Waals surface area (Å²) in [7, 11) is 0. The van der Waals surface area contributed by atoms with Crippen LogP contribution in [0.5, 0.6) is 0 Å². The fraction of sp³-hybridized carbons (Fsp3) is 0.478. The molecule has 2 saturated heterocycles. The molecule has 28 heavy (non-hydrogen) atoms. The summed E-state index contributed by atoms with van der Waals surface area (Å²) < 4.78 is 5.58. The third kappa shape index (κ3) is 4.13. The van der Waals surface area contributed by atoms with E-state index in [-0.39, 0.29) is 12.1 Å². The summed E-state index contributed by atoms with van der Waals surface area (Å²) >= 11 is 0. The number of carbonyl (C=O) groups is 1. The molecule has 2 aliphatic rings. The molecule has 2 aliphatic heterocycles. The van der Waals surface area contributed by atoms with Crippen molar-refractivity contribution in [3.05, 3.63) is 59.3 Å². The zero-order valence-corrected chi connectivity index (χ0v) is 16.6. The Morgan fingerprint density at radius 2 is 1.89 bits per heavy atom. The van der Waals surface area contributed by atoms with Gasteiger partial charge in [0.05, 0.1) is 6.04 Å². The second kappa shape index (κ2) is 8.63. The number of carbonyl (C=O) groups excluding carboxylic acids is 1. The molecule has 5 heteroatoms. The van der Waals surface area contributed by atoms with Crippen molar-refractivity contribution in [1.29, 1.82) is 0 Å². The number of benzene rings is 1. The summed E-state index contributed by atoms with van der Waals surface area (Å²) in [6.45, 7) is 5.37. The third-order valence-corrected chi connectivity index (χ3v) is 5.87. The van der Waals surface area contributed by atoms with Crippen LogP contribution < -0.4 is 4.90 Å². The predicted octanol–water partition coefficient (Wildman–Crippen LogP) is 4.85. The van der Waals surface area contributed by atoms with Crippen LogP contribution in [0.1, 0.15) is 54.8 Å². The smallest absolute Gasteiger partial charge is 0.410 e. The number of hydrogen-bond acceptors (Lipinski definition) is 4. The molecule has 1 aromatic carbocycles. The van der Waals surface area contributed by atoms with E-state index in [1.165, 1.54) is 24.8 Å². The summed E-state index contributed by atoms with van der Waals surface area (Å²) in [5.41, 5.74) is 3.37. The van der Waals surface area contributed by atoms with Crippen LogP contribution in [0.2, 0.25) is 0 Å². The summed E-state index contributed by atoms with van der Waals surface area (Å²) in [6.07, 6.45) is 7.51. The average Bonchev–Trinajstić information content (AvgIpc) is 3.23. The number of nitrogens with zero attached hydrogens (tertiary/aromatic N) is 3. The first kappa shape index (κ1) is 18.8. The van der Waals surface area contributed by atoms with E-state index < -0.39 is 0 Å². The molecule has 3 heterocycles. The molecule has 0 spiro atoms. The zero-order valence-electron chi connectivity index (χ0n) is 16.6. The van der Waals surface area contributed by atoms with E-state index >= 15 is 0 Å². The third-order valence-electron chi connectivity index (χ3n) is 5.87. The van der Waals surface area contributed by atoms with Gasteiger partial charge in [-0.1, -0.05) is 30.3 Å². The lowest BCUT2D eigenvalue weighted by Crippen LogP contribution is -2.32. The number of rotatable bonds is 4. The van der Waals surface area contributed by atoms with E-state index in [9.17, 15) is 4.79 Å². The number of hydrogen-bond donors (Lipinski definition) is 0. The Bertz CT molecular complexity index is 803. The van der Waals surface area contributed by atoms with Gasteiger partial charge < -0.3 is 14.5 Å². The number of pyridine rings is 1. The lowest BCUT2D eigenvalue weighted by Gasteiger charge is -2.29. The monoisotopic (exact) mass is 379 g/mol. The Hall–Kier alpha value is -2.56. The molecule has 1 atom stereocenters. The first-order valence-electron chi connectivity index (χ1n) is 10.4. The topological polar surface area (TPSA) is 45.7 Å². The van der Waals surface area contributed by atoms with E-state index in [0.717, 1.165) is 49.4 Å². The molecule has 0 N–H and O–H groups in total. The maximum Gasteiger partial charge on any atom is 0.410 e. The fourth-order valence-electron chi connectivity index (χ4n) is 4.31. The largest absolute Gasteiger partial charge is 0.445 e. The van der Waals surface area contributed by atoms with Gasteiger partial charge in [-0.05, 0) is 61.8 Å². The van der Waals surface area contributed by atoms with Gasteiger partial charge in [0.15, 0.2) is 0 Å². The van der Waals surface area contributed by atoms with Gasteiger partial charge in [0.1, 0.15) is 12.4 Å². The number of ether oxygens (including phenoxy) is 1. The average molecular weight is 380 g/mol. The molecule has 148 valence electrons. The molecule has 1 amide bonds. The van der Waals surface area contributed by atoms with Crippen molar-refractivity contribution >= 4 is 11.9 Å². The van der Waals surface area contributed by atoms with Gasteiger partial charge in [-0.2, -0.15) is 0 Å². The normalized spacial score (nSPS) is 19.7. The Morgan fingerprint density at radius 1 is 1.11 bits per heavy atom. The van der Waals surface area contributed by atoms with E-state index in [0.29, 0.717) is 6.61 Å². The molecular weight excluding hydrogens is 350 g/mol. The summed E-state index contributed by atoms with van der Waals surface area (Å²) in [4.78, 5) is 21.7. The highest BCUT2D eigenvalue weighted by atomic mass is 16.6. The second-order valence-electron chi connectivity index (χ2n) is 7.84. The van der Waals surface area contributed by atoms with Crippen LogP contribution in [0.4, 0.5) is 10.6 Å². The minimum absolute atomic E-state index is 0.0613. The Kier molecular flexibility index (Phi) is 5.79. The van der Waals surface area contributed by atoms with Crippen LogP contribution in [0, 0.1) is 6.92 Å². The summed E-state index contributed by atoms with van der Waals surface area (Å²) in [6, 6.07) is 12.1. The first-order valence-corrected chi connectivity index (χ1v) is 10.4. The predicted molar refractivity (Wildman–Crippen MR) is 110 cm³/mol. The minimum Gasteiger partial charge on any atom is -0.445 e. The number of aromatic nitrogens is 1. The van der Waals surface area contributed by atoms with Gasteiger partial charge >= 0.3 is 6.09 Å². The van der Waals surface area contributed by atoms with Crippen molar-refractivity contribution in [2.45, 2.75) is 51.7 Å². The highest BCUT2D eigenvalue weighted by molar-refractivity contribution is 5.69. The van der Waals surface area contributed by atoms with Crippen LogP contribution in [0.3, 0.4) is 0 Å². The van der Waals surface area contributed by atoms with Crippen LogP contribution >= 0.6 is 0 Å². The lowest BCUT2D eigenvalue weighted by atomic mass is 10.0. The quantitative estimate of drug-likeness (QED) is 0.761. The van der Waals surface area contributed by atoms with Gasteiger partial charge in [-0.25, -0.2) is 9.78 Å². The molecule has 4 rings (SSSR count). The second-order valence-corrected chi connectivity index (χ2v) is 7.84. The number of amides is 1. The van der Waals surface area contributed by atoms with Gasteiger partial charge in [0.25, 0.3) is 0 Å². The number of aryl methyl sites for hydroxylation is 1. The highest BCUT2D eigenvalue weighted by Gasteiger charge is 2.32. The van der Waals surface area contributed by atoms with Crippen LogP contribution in [0.15, 0.2) is 42.6 Å². The lowest BCUT2D eigenvalue weighted by molar-refractivity contribution is 0.0919. The molecule has 0 unspecified atom stereocenters. The SMILES string of the molecule is Cc1cc(N2CCCCC2)ncc1[C@H]1CCCN1C(=O)OCc1ccccc1. The molecule has 0 bridgehead atoms. The molecule has 0 saturated carbocycles. The fourth-order valence-corrected chi connectivity index (χ4v) is 4.31. The van der Waals surface area contributed by atoms with Gasteiger partial charge in [0, 0.05) is 25.8 Å². The number of piperidine rings is 1. The van der Waals surface area contributed by atoms with E-state index in [1.807, 2.05) is 41.4 Å². The van der Waals surface area contributed by atoms with E-state index in [1.54, 1.807) is 0 Å². The molecule has 0 radical (unpaired) electrons. The number of anilines is 1. The van der Waals surface area contributed by atoms with Crippen molar-refractivity contribution in [2.24, 2.45) is 0 Å². The molecule has 5 nitrogen and oxygen atoms in total. The highest BCUT2D eigenvalue weighted by Crippen LogP contribution is 2.35. The maximum absolute atomic E-state index is 12.7. The van der Waals surface area contributed by atoms with Crippen molar-refractivity contribution in [2.75, 3.05) is 24.5 Å². The van der Waals surface area contributed by atoms with Gasteiger partial charge in [-0.15, -0.1) is 0 Å². The van der Waals surface area contributed by atoms with Crippen molar-refractivity contribution in [3.63, 3.8) is 0 Å². The first-order chi connectivity index (χ1) is 13.7. The standard InChI is InChI=1S/C23H29N3O2/c1-18-15-22(25-12-6-3-7-13-25)24-16-20(18)21-11-8-14-26(21)23(27)28-17-19-9-4-2-5-10-19/h2,4-5,9-10,15-16,21H,3,6-8,11-14,17H2,1H3/t21-/m1/s1. The van der Waals surface area contributed by atoms with Crippen molar-refractivity contribution < 1.29 is 9.53 Å². The Morgan fingerprint density at radius 3 is 2.64 bits per heavy atom. The van der Waals surface area contributed by atoms with Crippen molar-refractivity contribution in [1.82, 2.24) is 9.88 Å². The van der Waals surface area contributed by atoms with E-state index in [2.05, 4.69) is 17.9 Å². The number of likely N-dealkylation sites (tertiary alicyclic amines) is 1. The maximum atomic E-state index is 12.7. The van der Waals surface area contributed by atoms with Crippen molar-refractivity contribution in [3.8, 4) is 0 Å². The van der Waals surface area contributed by atoms with Crippen LogP contribution in [0.25, 0.3) is 0 Å². The van der Waals surface area contributed by atoms with Crippen LogP contribution in [-0.4, -0.2) is 35.6 Å². The Labute approximate surface area is 167 Å². The minimum atomic E-state index is -0.231. The van der Waals surface area contributed by atoms with E-state index in [4.69, 9.17) is 9.72 Å².